The molecule has 1 aliphatic rings. The minimum Gasteiger partial charge on any atom is -0.384 e. The number of nitrogen functional groups attached to an aromatic ring is 1. The maximum atomic E-state index is 14.1. The van der Waals surface area contributed by atoms with E-state index in [1.165, 1.54) is 12.1 Å². The molecule has 5 heteroatoms. The molecule has 2 aromatic rings. The van der Waals surface area contributed by atoms with E-state index in [2.05, 4.69) is 9.88 Å². The Balaban J connectivity index is 1.98. The van der Waals surface area contributed by atoms with E-state index in [1.54, 1.807) is 12.3 Å². The first-order valence-electron chi connectivity index (χ1n) is 7.08. The lowest BCUT2D eigenvalue weighted by atomic mass is 9.94. The SMILES string of the molecule is Nc1ccc(N2CCCCC2c2cc(F)ccc2F)cn1. The average Bonchev–Trinajstić information content (AvgIpc) is 2.51. The third kappa shape index (κ3) is 2.82. The summed E-state index contributed by atoms with van der Waals surface area (Å²) in [6, 6.07) is 7.07. The molecule has 1 aromatic heterocycles. The number of piperidine rings is 1. The summed E-state index contributed by atoms with van der Waals surface area (Å²) in [5.41, 5.74) is 6.90. The summed E-state index contributed by atoms with van der Waals surface area (Å²) in [4.78, 5) is 6.17. The van der Waals surface area contributed by atoms with Crippen molar-refractivity contribution in [2.24, 2.45) is 0 Å². The van der Waals surface area contributed by atoms with E-state index in [9.17, 15) is 8.78 Å². The Morgan fingerprint density at radius 3 is 2.76 bits per heavy atom. The average molecular weight is 289 g/mol. The Kier molecular flexibility index (Phi) is 3.73. The van der Waals surface area contributed by atoms with E-state index in [0.717, 1.165) is 37.6 Å². The standard InChI is InChI=1S/C16H17F2N3/c17-11-4-6-14(18)13(9-11)15-3-1-2-8-21(15)12-5-7-16(19)20-10-12/h4-7,9-10,15H,1-3,8H2,(H2,19,20). The molecule has 21 heavy (non-hydrogen) atoms. The molecule has 0 amide bonds. The van der Waals surface area contributed by atoms with Crippen molar-refractivity contribution in [3.63, 3.8) is 0 Å². The molecule has 1 unspecified atom stereocenters. The van der Waals surface area contributed by atoms with Gasteiger partial charge in [-0.15, -0.1) is 0 Å². The van der Waals surface area contributed by atoms with Gasteiger partial charge in [0.2, 0.25) is 0 Å². The highest BCUT2D eigenvalue weighted by atomic mass is 19.1. The summed E-state index contributed by atoms with van der Waals surface area (Å²) in [6.45, 7) is 0.798. The molecule has 0 radical (unpaired) electrons. The fourth-order valence-corrected chi connectivity index (χ4v) is 2.90. The molecule has 1 aromatic carbocycles. The predicted octanol–water partition coefficient (Wildman–Crippen LogP) is 3.67. The van der Waals surface area contributed by atoms with E-state index in [4.69, 9.17) is 5.73 Å². The molecule has 2 N–H and O–H groups in total. The summed E-state index contributed by atoms with van der Waals surface area (Å²) in [5.74, 6) is -0.326. The van der Waals surface area contributed by atoms with E-state index >= 15 is 0 Å². The molecule has 1 fully saturated rings. The maximum Gasteiger partial charge on any atom is 0.128 e. The summed E-state index contributed by atoms with van der Waals surface area (Å²) in [5, 5.41) is 0. The lowest BCUT2D eigenvalue weighted by Crippen LogP contribution is -2.34. The largest absolute Gasteiger partial charge is 0.384 e. The Morgan fingerprint density at radius 1 is 1.14 bits per heavy atom. The number of anilines is 2. The first kappa shape index (κ1) is 13.8. The minimum atomic E-state index is -0.410. The van der Waals surface area contributed by atoms with Gasteiger partial charge in [0.25, 0.3) is 0 Å². The van der Waals surface area contributed by atoms with Crippen molar-refractivity contribution in [3.05, 3.63) is 53.7 Å². The number of nitrogens with zero attached hydrogens (tertiary/aromatic N) is 2. The number of pyridine rings is 1. The van der Waals surface area contributed by atoms with Crippen molar-refractivity contribution in [2.75, 3.05) is 17.2 Å². The summed E-state index contributed by atoms with van der Waals surface area (Å²) in [7, 11) is 0. The van der Waals surface area contributed by atoms with Gasteiger partial charge in [-0.1, -0.05) is 0 Å². The van der Waals surface area contributed by atoms with E-state index in [0.29, 0.717) is 11.4 Å². The Bertz CT molecular complexity index is 628. The van der Waals surface area contributed by atoms with Crippen LogP contribution in [0.15, 0.2) is 36.5 Å². The van der Waals surface area contributed by atoms with Crippen LogP contribution in [0.1, 0.15) is 30.9 Å². The molecule has 2 heterocycles. The van der Waals surface area contributed by atoms with Crippen molar-refractivity contribution >= 4 is 11.5 Å². The van der Waals surface area contributed by atoms with Gasteiger partial charge in [0, 0.05) is 12.1 Å². The Hall–Kier alpha value is -2.17. The van der Waals surface area contributed by atoms with Gasteiger partial charge in [0.05, 0.1) is 17.9 Å². The van der Waals surface area contributed by atoms with E-state index in [-0.39, 0.29) is 11.9 Å². The van der Waals surface area contributed by atoms with Crippen LogP contribution in [0.2, 0.25) is 0 Å². The molecule has 1 aliphatic heterocycles. The van der Waals surface area contributed by atoms with Crippen LogP contribution < -0.4 is 10.6 Å². The molecular weight excluding hydrogens is 272 g/mol. The second-order valence-electron chi connectivity index (χ2n) is 5.31. The van der Waals surface area contributed by atoms with Gasteiger partial charge in [-0.3, -0.25) is 0 Å². The summed E-state index contributed by atoms with van der Waals surface area (Å²) < 4.78 is 27.5. The quantitative estimate of drug-likeness (QED) is 0.917. The number of aromatic nitrogens is 1. The fraction of sp³-hybridized carbons (Fsp3) is 0.312. The summed E-state index contributed by atoms with van der Waals surface area (Å²) >= 11 is 0. The van der Waals surface area contributed by atoms with Gasteiger partial charge in [-0.2, -0.15) is 0 Å². The molecule has 3 rings (SSSR count). The molecule has 0 bridgehead atoms. The molecule has 3 nitrogen and oxygen atoms in total. The zero-order chi connectivity index (χ0) is 14.8. The van der Waals surface area contributed by atoms with Gasteiger partial charge in [0.15, 0.2) is 0 Å². The van der Waals surface area contributed by atoms with Crippen LogP contribution in [0.25, 0.3) is 0 Å². The lowest BCUT2D eigenvalue weighted by molar-refractivity contribution is 0.452. The first-order valence-corrected chi connectivity index (χ1v) is 7.08. The zero-order valence-corrected chi connectivity index (χ0v) is 11.6. The van der Waals surface area contributed by atoms with Gasteiger partial charge >= 0.3 is 0 Å². The number of hydrogen-bond donors (Lipinski definition) is 1. The van der Waals surface area contributed by atoms with Crippen molar-refractivity contribution in [3.8, 4) is 0 Å². The highest BCUT2D eigenvalue weighted by Gasteiger charge is 2.27. The number of benzene rings is 1. The first-order chi connectivity index (χ1) is 10.1. The number of nitrogens with two attached hydrogens (primary N) is 1. The van der Waals surface area contributed by atoms with Gasteiger partial charge in [0.1, 0.15) is 17.5 Å². The molecular formula is C16H17F2N3. The fourth-order valence-electron chi connectivity index (χ4n) is 2.90. The molecule has 110 valence electrons. The molecule has 1 saturated heterocycles. The van der Waals surface area contributed by atoms with E-state index < -0.39 is 5.82 Å². The van der Waals surface area contributed by atoms with Gasteiger partial charge < -0.3 is 10.6 Å². The number of rotatable bonds is 2. The van der Waals surface area contributed by atoms with Crippen LogP contribution in [0.3, 0.4) is 0 Å². The molecule has 0 spiro atoms. The third-order valence-electron chi connectivity index (χ3n) is 3.92. The predicted molar refractivity (Wildman–Crippen MR) is 78.9 cm³/mol. The Morgan fingerprint density at radius 2 is 2.00 bits per heavy atom. The molecule has 1 atom stereocenters. The van der Waals surface area contributed by atoms with Crippen LogP contribution in [0.4, 0.5) is 20.3 Å². The van der Waals surface area contributed by atoms with Crippen LogP contribution in [-0.4, -0.2) is 11.5 Å². The van der Waals surface area contributed by atoms with Crippen molar-refractivity contribution < 1.29 is 8.78 Å². The number of halogens is 2. The molecule has 0 aliphatic carbocycles. The van der Waals surface area contributed by atoms with E-state index in [1.807, 2.05) is 6.07 Å². The van der Waals surface area contributed by atoms with Crippen molar-refractivity contribution in [1.29, 1.82) is 0 Å². The van der Waals surface area contributed by atoms with Gasteiger partial charge in [-0.05, 0) is 49.6 Å². The topological polar surface area (TPSA) is 42.1 Å². The highest BCUT2D eigenvalue weighted by Crippen LogP contribution is 2.36. The van der Waals surface area contributed by atoms with Crippen LogP contribution in [0, 0.1) is 11.6 Å². The summed E-state index contributed by atoms with van der Waals surface area (Å²) in [6.07, 6.45) is 4.51. The monoisotopic (exact) mass is 289 g/mol. The minimum absolute atomic E-state index is 0.167. The van der Waals surface area contributed by atoms with Gasteiger partial charge in [-0.25, -0.2) is 13.8 Å². The normalized spacial score (nSPS) is 18.8. The van der Waals surface area contributed by atoms with Crippen LogP contribution in [0.5, 0.6) is 0 Å². The highest BCUT2D eigenvalue weighted by molar-refractivity contribution is 5.50. The van der Waals surface area contributed by atoms with Crippen LogP contribution >= 0.6 is 0 Å². The third-order valence-corrected chi connectivity index (χ3v) is 3.92. The maximum absolute atomic E-state index is 14.1. The Labute approximate surface area is 122 Å². The van der Waals surface area contributed by atoms with Crippen LogP contribution in [-0.2, 0) is 0 Å². The second kappa shape index (κ2) is 5.68. The lowest BCUT2D eigenvalue weighted by Gasteiger charge is -2.37. The van der Waals surface area contributed by atoms with Crippen molar-refractivity contribution in [2.45, 2.75) is 25.3 Å². The van der Waals surface area contributed by atoms with Crippen molar-refractivity contribution in [1.82, 2.24) is 4.98 Å². The number of hydrogen-bond acceptors (Lipinski definition) is 3. The zero-order valence-electron chi connectivity index (χ0n) is 11.6. The smallest absolute Gasteiger partial charge is 0.128 e. The second-order valence-corrected chi connectivity index (χ2v) is 5.31. The molecule has 0 saturated carbocycles.